The Kier molecular flexibility index (Phi) is 11.2. The van der Waals surface area contributed by atoms with Gasteiger partial charge in [-0.05, 0) is 46.5 Å². The lowest BCUT2D eigenvalue weighted by Crippen LogP contribution is -2.48. The molecule has 35 heavy (non-hydrogen) atoms. The van der Waals surface area contributed by atoms with Crippen LogP contribution in [0.4, 0.5) is 11.5 Å². The van der Waals surface area contributed by atoms with Crippen LogP contribution in [-0.4, -0.2) is 86.0 Å². The first-order valence-corrected chi connectivity index (χ1v) is 12.6. The molecule has 0 fully saturated rings. The highest BCUT2D eigenvalue weighted by Gasteiger charge is 2.33. The summed E-state index contributed by atoms with van der Waals surface area (Å²) in [5.74, 6) is 1.03. The topological polar surface area (TPSA) is 169 Å². The van der Waals surface area contributed by atoms with Crippen molar-refractivity contribution < 1.29 is 35.4 Å². The number of benzene rings is 2. The van der Waals surface area contributed by atoms with E-state index in [0.717, 1.165) is 10.2 Å². The zero-order chi connectivity index (χ0) is 24.8. The van der Waals surface area contributed by atoms with E-state index >= 15 is 0 Å². The normalized spacial score (nSPS) is 14.5. The zero-order valence-corrected chi connectivity index (χ0v) is 22.0. The van der Waals surface area contributed by atoms with E-state index in [1.54, 1.807) is 24.5 Å². The summed E-state index contributed by atoms with van der Waals surface area (Å²) in [7, 11) is 1.45. The van der Waals surface area contributed by atoms with Gasteiger partial charge in [-0.15, -0.1) is 0 Å². The Morgan fingerprint density at radius 1 is 1.09 bits per heavy atom. The van der Waals surface area contributed by atoms with Gasteiger partial charge >= 0.3 is 0 Å². The van der Waals surface area contributed by atoms with Crippen molar-refractivity contribution in [3.63, 3.8) is 0 Å². The molecule has 10 nitrogen and oxygen atoms in total. The fourth-order valence-corrected chi connectivity index (χ4v) is 4.28. The average Bonchev–Trinajstić information content (AvgIpc) is 2.84. The molecule has 13 heteroatoms. The van der Waals surface area contributed by atoms with E-state index < -0.39 is 30.2 Å². The van der Waals surface area contributed by atoms with Crippen LogP contribution in [0.5, 0.6) is 11.5 Å². The highest BCUT2D eigenvalue weighted by Crippen LogP contribution is 2.36. The first-order valence-electron chi connectivity index (χ1n) is 10.1. The molecule has 0 spiro atoms. The van der Waals surface area contributed by atoms with Crippen molar-refractivity contribution in [3.05, 3.63) is 46.2 Å². The van der Waals surface area contributed by atoms with Crippen molar-refractivity contribution >= 4 is 61.7 Å². The van der Waals surface area contributed by atoms with E-state index in [1.807, 2.05) is 12.1 Å². The molecule has 0 unspecified atom stereocenters. The molecule has 3 aromatic rings. The van der Waals surface area contributed by atoms with Gasteiger partial charge in [0.2, 0.25) is 0 Å². The molecular weight excluding hydrogens is 566 g/mol. The van der Waals surface area contributed by atoms with Crippen LogP contribution >= 0.6 is 39.3 Å². The molecule has 1 heterocycles. The quantitative estimate of drug-likeness (QED) is 0.222. The largest absolute Gasteiger partial charge is 0.493 e. The van der Waals surface area contributed by atoms with Crippen molar-refractivity contribution in [2.45, 2.75) is 23.6 Å². The van der Waals surface area contributed by atoms with E-state index in [9.17, 15) is 20.4 Å². The number of nitrogens with zero attached hydrogens (tertiary/aromatic N) is 2. The van der Waals surface area contributed by atoms with Gasteiger partial charge in [0.1, 0.15) is 18.2 Å². The maximum Gasteiger partial charge on any atom is 0.164 e. The Labute approximate surface area is 219 Å². The Hall–Kier alpha value is -1.90. The summed E-state index contributed by atoms with van der Waals surface area (Å²) < 4.78 is 12.1. The molecule has 0 saturated heterocycles. The minimum absolute atomic E-state index is 0. The summed E-state index contributed by atoms with van der Waals surface area (Å²) in [6, 6.07) is 8.67. The molecule has 192 valence electrons. The summed E-state index contributed by atoms with van der Waals surface area (Å²) in [6.07, 6.45) is -0.870. The lowest BCUT2D eigenvalue weighted by Gasteiger charge is -2.30. The highest BCUT2D eigenvalue weighted by molar-refractivity contribution is 9.10. The van der Waals surface area contributed by atoms with Crippen LogP contribution in [0.1, 0.15) is 0 Å². The first-order chi connectivity index (χ1) is 16.3. The predicted molar refractivity (Wildman–Crippen MR) is 140 cm³/mol. The highest BCUT2D eigenvalue weighted by atomic mass is 79.9. The minimum Gasteiger partial charge on any atom is -0.493 e. The Balaban J connectivity index is 0.00000432. The SMILES string of the molecule is COc1cc2c(Nc3ccc(Br)c(Cl)c3)ncnc2cc1O[C@H](CO)[C@H](O)[C@@H](O)[C@@H](CO)SC.O. The third-order valence-corrected chi connectivity index (χ3v) is 7.42. The van der Waals surface area contributed by atoms with E-state index in [0.29, 0.717) is 27.5 Å². The second-order valence-electron chi connectivity index (χ2n) is 7.27. The third-order valence-electron chi connectivity index (χ3n) is 5.16. The molecule has 0 amide bonds. The van der Waals surface area contributed by atoms with Crippen LogP contribution in [0, 0.1) is 0 Å². The van der Waals surface area contributed by atoms with Gasteiger partial charge in [-0.3, -0.25) is 0 Å². The van der Waals surface area contributed by atoms with Gasteiger partial charge in [0.15, 0.2) is 17.6 Å². The smallest absolute Gasteiger partial charge is 0.164 e. The van der Waals surface area contributed by atoms with Crippen molar-refractivity contribution in [3.8, 4) is 11.5 Å². The van der Waals surface area contributed by atoms with Crippen LogP contribution in [-0.2, 0) is 0 Å². The van der Waals surface area contributed by atoms with Crippen LogP contribution < -0.4 is 14.8 Å². The van der Waals surface area contributed by atoms with Gasteiger partial charge in [-0.1, -0.05) is 11.6 Å². The van der Waals surface area contributed by atoms with Crippen molar-refractivity contribution in [1.82, 2.24) is 9.97 Å². The van der Waals surface area contributed by atoms with Crippen LogP contribution in [0.15, 0.2) is 41.1 Å². The summed E-state index contributed by atoms with van der Waals surface area (Å²) in [4.78, 5) is 8.60. The molecule has 0 aliphatic heterocycles. The van der Waals surface area contributed by atoms with Crippen LogP contribution in [0.3, 0.4) is 0 Å². The fourth-order valence-electron chi connectivity index (χ4n) is 3.27. The van der Waals surface area contributed by atoms with Crippen molar-refractivity contribution in [1.29, 1.82) is 0 Å². The van der Waals surface area contributed by atoms with Gasteiger partial charge in [0.05, 0.1) is 42.2 Å². The number of halogens is 2. The summed E-state index contributed by atoms with van der Waals surface area (Å²) in [5, 5.41) is 43.9. The maximum absolute atomic E-state index is 10.5. The molecule has 0 aliphatic carbocycles. The molecule has 0 radical (unpaired) electrons. The number of anilines is 2. The van der Waals surface area contributed by atoms with Crippen molar-refractivity contribution in [2.75, 3.05) is 31.9 Å². The number of rotatable bonds is 11. The molecular formula is C22H27BrClN3O7S. The Morgan fingerprint density at radius 2 is 1.83 bits per heavy atom. The molecule has 0 bridgehead atoms. The third kappa shape index (κ3) is 6.86. The number of fused-ring (bicyclic) bond motifs is 1. The summed E-state index contributed by atoms with van der Waals surface area (Å²) in [6.45, 7) is -0.917. The second kappa shape index (κ2) is 13.4. The molecule has 1 aromatic heterocycles. The van der Waals surface area contributed by atoms with Gasteiger partial charge in [-0.25, -0.2) is 9.97 Å². The lowest BCUT2D eigenvalue weighted by molar-refractivity contribution is -0.0693. The molecule has 0 aliphatic rings. The van der Waals surface area contributed by atoms with Gasteiger partial charge < -0.3 is 40.7 Å². The van der Waals surface area contributed by atoms with E-state index in [-0.39, 0.29) is 17.8 Å². The number of methoxy groups -OCH3 is 1. The Bertz CT molecular complexity index is 1130. The molecule has 4 atom stereocenters. The molecule has 7 N–H and O–H groups in total. The average molecular weight is 593 g/mol. The number of aliphatic hydroxyl groups excluding tert-OH is 4. The number of hydrogen-bond acceptors (Lipinski definition) is 10. The van der Waals surface area contributed by atoms with Gasteiger partial charge in [0, 0.05) is 21.6 Å². The maximum atomic E-state index is 10.5. The summed E-state index contributed by atoms with van der Waals surface area (Å²) in [5.41, 5.74) is 1.23. The zero-order valence-electron chi connectivity index (χ0n) is 18.9. The lowest BCUT2D eigenvalue weighted by atomic mass is 10.1. The molecule has 2 aromatic carbocycles. The number of thioether (sulfide) groups is 1. The Morgan fingerprint density at radius 3 is 2.43 bits per heavy atom. The van der Waals surface area contributed by atoms with E-state index in [1.165, 1.54) is 25.2 Å². The number of aromatic nitrogens is 2. The first kappa shape index (κ1) is 29.3. The van der Waals surface area contributed by atoms with Gasteiger partial charge in [0.25, 0.3) is 0 Å². The van der Waals surface area contributed by atoms with E-state index in [2.05, 4.69) is 31.2 Å². The van der Waals surface area contributed by atoms with Gasteiger partial charge in [-0.2, -0.15) is 11.8 Å². The number of hydrogen-bond donors (Lipinski definition) is 5. The van der Waals surface area contributed by atoms with Crippen molar-refractivity contribution in [2.24, 2.45) is 0 Å². The standard InChI is InChI=1S/C22H25BrClN3O6S.H2O/c1-32-16-6-12-15(25-10-26-22(12)27-11-3-4-13(23)14(24)5-11)7-17(16)33-18(8-28)20(30)21(31)19(9-29)34-2;/h3-7,10,18-21,28-31H,8-9H2,1-2H3,(H,25,26,27);1H2/t18-,19-,20+,21+;/m1./s1. The predicted octanol–water partition coefficient (Wildman–Crippen LogP) is 2.16. The minimum atomic E-state index is -1.46. The second-order valence-corrected chi connectivity index (χ2v) is 9.61. The van der Waals surface area contributed by atoms with Crippen LogP contribution in [0.25, 0.3) is 10.9 Å². The van der Waals surface area contributed by atoms with E-state index in [4.69, 9.17) is 21.1 Å². The molecule has 3 rings (SSSR count). The number of ether oxygens (including phenoxy) is 2. The van der Waals surface area contributed by atoms with Crippen LogP contribution in [0.2, 0.25) is 5.02 Å². The monoisotopic (exact) mass is 591 g/mol. The number of aliphatic hydroxyl groups is 4. The summed E-state index contributed by atoms with van der Waals surface area (Å²) >= 11 is 10.7. The number of nitrogens with one attached hydrogen (secondary N) is 1. The molecule has 0 saturated carbocycles. The fraction of sp³-hybridized carbons (Fsp3) is 0.364.